The summed E-state index contributed by atoms with van der Waals surface area (Å²) >= 11 is 6.45. The quantitative estimate of drug-likeness (QED) is 0.432. The highest BCUT2D eigenvalue weighted by molar-refractivity contribution is 6.32. The van der Waals surface area contributed by atoms with E-state index in [1.807, 2.05) is 51.1 Å². The number of ether oxygens (including phenoxy) is 2. The van der Waals surface area contributed by atoms with Crippen molar-refractivity contribution in [2.45, 2.75) is 20.8 Å². The van der Waals surface area contributed by atoms with Gasteiger partial charge in [-0.2, -0.15) is 0 Å². The Morgan fingerprint density at radius 1 is 1.06 bits per heavy atom. The maximum absolute atomic E-state index is 12.2. The molecule has 3 rings (SSSR count). The van der Waals surface area contributed by atoms with Crippen LogP contribution in [0.4, 0.5) is 11.4 Å². The number of anilines is 1. The van der Waals surface area contributed by atoms with E-state index < -0.39 is 0 Å². The number of para-hydroxylation sites is 1. The Hall–Kier alpha value is -3.31. The number of hydrogen-bond acceptors (Lipinski definition) is 4. The third-order valence-corrected chi connectivity index (χ3v) is 4.73. The molecule has 6 heteroatoms. The van der Waals surface area contributed by atoms with E-state index in [0.29, 0.717) is 28.8 Å². The summed E-state index contributed by atoms with van der Waals surface area (Å²) in [5, 5.41) is 3.12. The Bertz CT molecular complexity index is 1080. The first-order chi connectivity index (χ1) is 15.0. The molecule has 0 spiro atoms. The molecule has 0 bridgehead atoms. The number of carbonyl (C=O) groups excluding carboxylic acids is 1. The Kier molecular flexibility index (Phi) is 7.68. The highest BCUT2D eigenvalue weighted by atomic mass is 35.5. The summed E-state index contributed by atoms with van der Waals surface area (Å²) in [6, 6.07) is 18.8. The number of carbonyl (C=O) groups is 1. The van der Waals surface area contributed by atoms with Gasteiger partial charge < -0.3 is 14.8 Å². The fourth-order valence-electron chi connectivity index (χ4n) is 2.92. The molecule has 0 aliphatic rings. The van der Waals surface area contributed by atoms with Crippen LogP contribution in [0.2, 0.25) is 5.02 Å². The van der Waals surface area contributed by atoms with Gasteiger partial charge in [-0.05, 0) is 67.8 Å². The number of amides is 1. The molecule has 0 aliphatic carbocycles. The molecular weight excluding hydrogens is 412 g/mol. The number of nitrogens with zero attached hydrogens (tertiary/aromatic N) is 1. The van der Waals surface area contributed by atoms with Crippen LogP contribution in [0.3, 0.4) is 0 Å². The average molecular weight is 437 g/mol. The molecule has 160 valence electrons. The number of benzene rings is 3. The van der Waals surface area contributed by atoms with Crippen LogP contribution in [-0.2, 0) is 4.79 Å². The topological polar surface area (TPSA) is 59.9 Å². The lowest BCUT2D eigenvalue weighted by Gasteiger charge is -2.14. The Labute approximate surface area is 187 Å². The molecule has 1 amide bonds. The molecule has 3 aromatic rings. The van der Waals surface area contributed by atoms with E-state index in [9.17, 15) is 4.79 Å². The fourth-order valence-corrected chi connectivity index (χ4v) is 3.20. The molecule has 31 heavy (non-hydrogen) atoms. The van der Waals surface area contributed by atoms with E-state index in [4.69, 9.17) is 21.1 Å². The van der Waals surface area contributed by atoms with Crippen molar-refractivity contribution >= 4 is 35.1 Å². The number of hydrogen-bond donors (Lipinski definition) is 1. The first kappa shape index (κ1) is 22.4. The van der Waals surface area contributed by atoms with E-state index >= 15 is 0 Å². The second-order valence-corrected chi connectivity index (χ2v) is 7.42. The molecule has 5 nitrogen and oxygen atoms in total. The molecule has 0 aromatic heterocycles. The minimum atomic E-state index is -0.287. The summed E-state index contributed by atoms with van der Waals surface area (Å²) in [6.07, 6.45) is 1.74. The Balaban J connectivity index is 1.76. The summed E-state index contributed by atoms with van der Waals surface area (Å²) < 4.78 is 11.4. The van der Waals surface area contributed by atoms with Gasteiger partial charge in [-0.25, -0.2) is 0 Å². The monoisotopic (exact) mass is 436 g/mol. The summed E-state index contributed by atoms with van der Waals surface area (Å²) in [6.45, 7) is 6.16. The van der Waals surface area contributed by atoms with E-state index in [1.54, 1.807) is 30.5 Å². The maximum atomic E-state index is 12.2. The van der Waals surface area contributed by atoms with Crippen LogP contribution < -0.4 is 14.8 Å². The summed E-state index contributed by atoms with van der Waals surface area (Å²) in [4.78, 5) is 16.8. The van der Waals surface area contributed by atoms with Gasteiger partial charge in [-0.15, -0.1) is 0 Å². The fraction of sp³-hybridized carbons (Fsp3) is 0.200. The number of nitrogens with one attached hydrogen (secondary N) is 1. The maximum Gasteiger partial charge on any atom is 0.262 e. The van der Waals surface area contributed by atoms with Crippen LogP contribution in [0.1, 0.15) is 23.6 Å². The van der Waals surface area contributed by atoms with E-state index in [2.05, 4.69) is 16.4 Å². The van der Waals surface area contributed by atoms with Crippen molar-refractivity contribution in [3.05, 3.63) is 82.4 Å². The van der Waals surface area contributed by atoms with Gasteiger partial charge in [0.15, 0.2) is 18.1 Å². The predicted molar refractivity (Wildman–Crippen MR) is 126 cm³/mol. The van der Waals surface area contributed by atoms with Crippen LogP contribution in [-0.4, -0.2) is 25.3 Å². The van der Waals surface area contributed by atoms with Crippen molar-refractivity contribution in [1.29, 1.82) is 0 Å². The van der Waals surface area contributed by atoms with Crippen molar-refractivity contribution in [2.24, 2.45) is 4.99 Å². The summed E-state index contributed by atoms with van der Waals surface area (Å²) in [7, 11) is 0. The highest BCUT2D eigenvalue weighted by Gasteiger charge is 2.14. The number of rotatable bonds is 8. The molecule has 0 aliphatic heterocycles. The van der Waals surface area contributed by atoms with Crippen molar-refractivity contribution in [3.8, 4) is 11.5 Å². The van der Waals surface area contributed by atoms with Gasteiger partial charge in [0, 0.05) is 11.9 Å². The largest absolute Gasteiger partial charge is 0.490 e. The minimum Gasteiger partial charge on any atom is -0.490 e. The molecular formula is C25H25ClN2O3. The Morgan fingerprint density at radius 3 is 2.58 bits per heavy atom. The molecule has 0 atom stereocenters. The molecule has 0 fully saturated rings. The molecule has 0 saturated heterocycles. The highest BCUT2D eigenvalue weighted by Crippen LogP contribution is 2.36. The standard InChI is InChI=1S/C25H25ClN2O3/c1-4-30-23-14-19(15-27-22-12-17(2)10-11-18(22)3)13-21(26)25(23)31-16-24(29)28-20-8-6-5-7-9-20/h5-15H,4,16H2,1-3H3,(H,28,29). The van der Waals surface area contributed by atoms with Crippen molar-refractivity contribution in [1.82, 2.24) is 0 Å². The van der Waals surface area contributed by atoms with Crippen molar-refractivity contribution in [3.63, 3.8) is 0 Å². The van der Waals surface area contributed by atoms with Gasteiger partial charge in [-0.1, -0.05) is 41.9 Å². The number of aliphatic imine (C=N–C) groups is 1. The van der Waals surface area contributed by atoms with E-state index in [1.165, 1.54) is 0 Å². The van der Waals surface area contributed by atoms with Gasteiger partial charge in [0.2, 0.25) is 0 Å². The van der Waals surface area contributed by atoms with Gasteiger partial charge >= 0.3 is 0 Å². The summed E-state index contributed by atoms with van der Waals surface area (Å²) in [5.74, 6) is 0.505. The third-order valence-electron chi connectivity index (χ3n) is 4.45. The molecule has 0 radical (unpaired) electrons. The van der Waals surface area contributed by atoms with Gasteiger partial charge in [0.05, 0.1) is 17.3 Å². The molecule has 1 N–H and O–H groups in total. The third kappa shape index (κ3) is 6.33. The van der Waals surface area contributed by atoms with Crippen LogP contribution in [0.25, 0.3) is 0 Å². The van der Waals surface area contributed by atoms with Gasteiger partial charge in [0.1, 0.15) is 0 Å². The molecule has 0 unspecified atom stereocenters. The second kappa shape index (κ2) is 10.6. The first-order valence-electron chi connectivity index (χ1n) is 10.0. The van der Waals surface area contributed by atoms with Gasteiger partial charge in [-0.3, -0.25) is 9.79 Å². The average Bonchev–Trinajstić information content (AvgIpc) is 2.74. The van der Waals surface area contributed by atoms with Crippen molar-refractivity contribution < 1.29 is 14.3 Å². The van der Waals surface area contributed by atoms with Crippen LogP contribution >= 0.6 is 11.6 Å². The van der Waals surface area contributed by atoms with Crippen LogP contribution in [0.15, 0.2) is 65.7 Å². The Morgan fingerprint density at radius 2 is 1.84 bits per heavy atom. The van der Waals surface area contributed by atoms with E-state index in [0.717, 1.165) is 22.4 Å². The normalized spacial score (nSPS) is 10.8. The zero-order valence-electron chi connectivity index (χ0n) is 17.8. The smallest absolute Gasteiger partial charge is 0.262 e. The second-order valence-electron chi connectivity index (χ2n) is 7.01. The zero-order chi connectivity index (χ0) is 22.2. The van der Waals surface area contributed by atoms with E-state index in [-0.39, 0.29) is 12.5 Å². The zero-order valence-corrected chi connectivity index (χ0v) is 18.6. The molecule has 0 saturated carbocycles. The lowest BCUT2D eigenvalue weighted by molar-refractivity contribution is -0.118. The summed E-state index contributed by atoms with van der Waals surface area (Å²) in [5.41, 5.74) is 4.60. The number of aryl methyl sites for hydroxylation is 2. The number of halogens is 1. The predicted octanol–water partition coefficient (Wildman–Crippen LogP) is 6.12. The molecule has 3 aromatic carbocycles. The van der Waals surface area contributed by atoms with Crippen LogP contribution in [0, 0.1) is 13.8 Å². The minimum absolute atomic E-state index is 0.190. The van der Waals surface area contributed by atoms with Gasteiger partial charge in [0.25, 0.3) is 5.91 Å². The SMILES string of the molecule is CCOc1cc(C=Nc2cc(C)ccc2C)cc(Cl)c1OCC(=O)Nc1ccccc1. The lowest BCUT2D eigenvalue weighted by atomic mass is 10.1. The van der Waals surface area contributed by atoms with Crippen molar-refractivity contribution in [2.75, 3.05) is 18.5 Å². The first-order valence-corrected chi connectivity index (χ1v) is 10.4. The van der Waals surface area contributed by atoms with Crippen LogP contribution in [0.5, 0.6) is 11.5 Å². The molecule has 0 heterocycles. The lowest BCUT2D eigenvalue weighted by Crippen LogP contribution is -2.20.